The van der Waals surface area contributed by atoms with Crippen LogP contribution in [-0.4, -0.2) is 23.2 Å². The van der Waals surface area contributed by atoms with Gasteiger partial charge in [0.15, 0.2) is 0 Å². The fourth-order valence-electron chi connectivity index (χ4n) is 2.53. The number of carbonyl (C=O) groups excluding carboxylic acids is 1. The van der Waals surface area contributed by atoms with Gasteiger partial charge >= 0.3 is 12.1 Å². The molecule has 0 spiro atoms. The molecule has 0 saturated heterocycles. The van der Waals surface area contributed by atoms with E-state index in [-0.39, 0.29) is 11.3 Å². The highest BCUT2D eigenvalue weighted by molar-refractivity contribution is 5.91. The van der Waals surface area contributed by atoms with Crippen molar-refractivity contribution in [1.82, 2.24) is 0 Å². The lowest BCUT2D eigenvalue weighted by atomic mass is 9.94. The van der Waals surface area contributed by atoms with Crippen molar-refractivity contribution in [1.29, 1.82) is 0 Å². The summed E-state index contributed by atoms with van der Waals surface area (Å²) in [7, 11) is 0. The van der Waals surface area contributed by atoms with Gasteiger partial charge in [-0.3, -0.25) is 9.59 Å². The van der Waals surface area contributed by atoms with E-state index in [1.165, 1.54) is 43.3 Å². The number of anilines is 1. The van der Waals surface area contributed by atoms with Gasteiger partial charge in [0.05, 0.1) is 11.8 Å². The minimum absolute atomic E-state index is 0.0170. The first-order chi connectivity index (χ1) is 12.2. The molecule has 0 bridgehead atoms. The number of hydrogen-bond donors (Lipinski definition) is 2. The van der Waals surface area contributed by atoms with Crippen LogP contribution in [-0.2, 0) is 9.59 Å². The van der Waals surface area contributed by atoms with Crippen LogP contribution in [0.2, 0.25) is 0 Å². The van der Waals surface area contributed by atoms with Crippen molar-refractivity contribution >= 4 is 17.6 Å². The molecule has 2 unspecified atom stereocenters. The first-order valence-electron chi connectivity index (χ1n) is 7.92. The van der Waals surface area contributed by atoms with E-state index >= 15 is 0 Å². The van der Waals surface area contributed by atoms with E-state index in [1.807, 2.05) is 0 Å². The number of nitrogens with one attached hydrogen (secondary N) is 1. The fourth-order valence-corrected chi connectivity index (χ4v) is 2.53. The number of amides is 1. The van der Waals surface area contributed by atoms with Gasteiger partial charge in [-0.05, 0) is 30.2 Å². The Morgan fingerprint density at radius 2 is 1.65 bits per heavy atom. The molecule has 2 aromatic rings. The van der Waals surface area contributed by atoms with E-state index in [2.05, 4.69) is 5.32 Å². The molecule has 138 valence electrons. The Balaban J connectivity index is 2.14. The van der Waals surface area contributed by atoms with Gasteiger partial charge in [0.1, 0.15) is 0 Å². The van der Waals surface area contributed by atoms with Crippen molar-refractivity contribution in [3.63, 3.8) is 0 Å². The molecule has 26 heavy (non-hydrogen) atoms. The number of aliphatic carboxylic acids is 1. The SMILES string of the molecule is CC(C(=O)O)c1cccc(NC(=O)CC(c2ccccc2)C(F)(F)F)c1. The predicted molar refractivity (Wildman–Crippen MR) is 91.0 cm³/mol. The Morgan fingerprint density at radius 1 is 1.04 bits per heavy atom. The van der Waals surface area contributed by atoms with E-state index in [0.29, 0.717) is 5.56 Å². The monoisotopic (exact) mass is 365 g/mol. The zero-order chi connectivity index (χ0) is 19.3. The van der Waals surface area contributed by atoms with Crippen LogP contribution in [0.3, 0.4) is 0 Å². The van der Waals surface area contributed by atoms with Crippen LogP contribution in [0.1, 0.15) is 36.3 Å². The molecule has 0 heterocycles. The summed E-state index contributed by atoms with van der Waals surface area (Å²) in [5, 5.41) is 11.4. The van der Waals surface area contributed by atoms with E-state index in [0.717, 1.165) is 0 Å². The summed E-state index contributed by atoms with van der Waals surface area (Å²) < 4.78 is 40.0. The molecule has 0 saturated carbocycles. The Hall–Kier alpha value is -2.83. The predicted octanol–water partition coefficient (Wildman–Crippen LogP) is 4.55. The number of carboxylic acid groups (broad SMARTS) is 1. The zero-order valence-electron chi connectivity index (χ0n) is 14.0. The molecule has 0 aliphatic carbocycles. The normalized spacial score (nSPS) is 13.7. The molecule has 2 rings (SSSR count). The molecule has 0 fully saturated rings. The first kappa shape index (κ1) is 19.5. The minimum atomic E-state index is -4.56. The van der Waals surface area contributed by atoms with Crippen LogP contribution < -0.4 is 5.32 Å². The summed E-state index contributed by atoms with van der Waals surface area (Å²) in [6, 6.07) is 13.3. The molecular weight excluding hydrogens is 347 g/mol. The smallest absolute Gasteiger partial charge is 0.396 e. The summed E-state index contributed by atoms with van der Waals surface area (Å²) in [6.07, 6.45) is -5.31. The average molecular weight is 365 g/mol. The molecule has 2 N–H and O–H groups in total. The summed E-state index contributed by atoms with van der Waals surface area (Å²) in [5.41, 5.74) is 0.726. The highest BCUT2D eigenvalue weighted by atomic mass is 19.4. The van der Waals surface area contributed by atoms with E-state index < -0.39 is 36.3 Å². The standard InChI is InChI=1S/C19H18F3NO3/c1-12(18(25)26)14-8-5-9-15(10-14)23-17(24)11-16(19(20,21)22)13-6-3-2-4-7-13/h2-10,12,16H,11H2,1H3,(H,23,24)(H,25,26). The van der Waals surface area contributed by atoms with Crippen LogP contribution >= 0.6 is 0 Å². The molecule has 2 atom stereocenters. The molecule has 0 radical (unpaired) electrons. The second-order valence-electron chi connectivity index (χ2n) is 5.94. The molecule has 1 amide bonds. The second kappa shape index (κ2) is 8.03. The topological polar surface area (TPSA) is 66.4 Å². The quantitative estimate of drug-likeness (QED) is 0.789. The van der Waals surface area contributed by atoms with Crippen molar-refractivity contribution < 1.29 is 27.9 Å². The lowest BCUT2D eigenvalue weighted by Gasteiger charge is -2.20. The lowest BCUT2D eigenvalue weighted by molar-refractivity contribution is -0.156. The molecule has 0 aliphatic heterocycles. The average Bonchev–Trinajstić information content (AvgIpc) is 2.59. The van der Waals surface area contributed by atoms with Gasteiger partial charge in [0, 0.05) is 12.1 Å². The molecule has 0 aliphatic rings. The van der Waals surface area contributed by atoms with Gasteiger partial charge in [0.2, 0.25) is 5.91 Å². The third-order valence-corrected chi connectivity index (χ3v) is 4.03. The Morgan fingerprint density at radius 3 is 2.23 bits per heavy atom. The number of carboxylic acids is 1. The maximum atomic E-state index is 13.3. The number of carbonyl (C=O) groups is 2. The van der Waals surface area contributed by atoms with Crippen molar-refractivity contribution in [2.24, 2.45) is 0 Å². The third kappa shape index (κ3) is 5.08. The summed E-state index contributed by atoms with van der Waals surface area (Å²) in [6.45, 7) is 1.48. The number of rotatable bonds is 6. The van der Waals surface area contributed by atoms with Gasteiger partial charge in [-0.2, -0.15) is 13.2 Å². The first-order valence-corrected chi connectivity index (χ1v) is 7.92. The largest absolute Gasteiger partial charge is 0.481 e. The third-order valence-electron chi connectivity index (χ3n) is 4.03. The number of benzene rings is 2. The maximum absolute atomic E-state index is 13.3. The Bertz CT molecular complexity index is 775. The van der Waals surface area contributed by atoms with Crippen molar-refractivity contribution in [2.45, 2.75) is 31.4 Å². The van der Waals surface area contributed by atoms with Gasteiger partial charge < -0.3 is 10.4 Å². The van der Waals surface area contributed by atoms with Crippen LogP contribution in [0.5, 0.6) is 0 Å². The van der Waals surface area contributed by atoms with Gasteiger partial charge in [0.25, 0.3) is 0 Å². The molecule has 7 heteroatoms. The van der Waals surface area contributed by atoms with Crippen LogP contribution in [0.25, 0.3) is 0 Å². The maximum Gasteiger partial charge on any atom is 0.396 e. The van der Waals surface area contributed by atoms with Crippen molar-refractivity contribution in [3.05, 3.63) is 65.7 Å². The fraction of sp³-hybridized carbons (Fsp3) is 0.263. The highest BCUT2D eigenvalue weighted by Crippen LogP contribution is 2.37. The molecule has 0 aromatic heterocycles. The van der Waals surface area contributed by atoms with Crippen LogP contribution in [0, 0.1) is 0 Å². The van der Waals surface area contributed by atoms with Crippen molar-refractivity contribution in [2.75, 3.05) is 5.32 Å². The number of halogens is 3. The summed E-state index contributed by atoms with van der Waals surface area (Å²) in [5.74, 6) is -4.53. The molecule has 2 aromatic carbocycles. The Labute approximate surface area is 148 Å². The van der Waals surface area contributed by atoms with E-state index in [4.69, 9.17) is 5.11 Å². The van der Waals surface area contributed by atoms with E-state index in [9.17, 15) is 22.8 Å². The minimum Gasteiger partial charge on any atom is -0.481 e. The summed E-state index contributed by atoms with van der Waals surface area (Å²) >= 11 is 0. The van der Waals surface area contributed by atoms with Crippen molar-refractivity contribution in [3.8, 4) is 0 Å². The number of alkyl halides is 3. The second-order valence-corrected chi connectivity index (χ2v) is 5.94. The summed E-state index contributed by atoms with van der Waals surface area (Å²) in [4.78, 5) is 23.2. The van der Waals surface area contributed by atoms with Gasteiger partial charge in [-0.15, -0.1) is 0 Å². The molecular formula is C19H18F3NO3. The van der Waals surface area contributed by atoms with Crippen LogP contribution in [0.15, 0.2) is 54.6 Å². The van der Waals surface area contributed by atoms with Gasteiger partial charge in [-0.25, -0.2) is 0 Å². The van der Waals surface area contributed by atoms with E-state index in [1.54, 1.807) is 18.2 Å². The molecule has 4 nitrogen and oxygen atoms in total. The highest BCUT2D eigenvalue weighted by Gasteiger charge is 2.41. The lowest BCUT2D eigenvalue weighted by Crippen LogP contribution is -2.26. The van der Waals surface area contributed by atoms with Gasteiger partial charge in [-0.1, -0.05) is 42.5 Å². The zero-order valence-corrected chi connectivity index (χ0v) is 14.0. The van der Waals surface area contributed by atoms with Crippen LogP contribution in [0.4, 0.5) is 18.9 Å². The number of hydrogen-bond acceptors (Lipinski definition) is 2. The Kier molecular flexibility index (Phi) is 6.02.